The second-order valence-corrected chi connectivity index (χ2v) is 4.90. The summed E-state index contributed by atoms with van der Waals surface area (Å²) < 4.78 is 61.0. The van der Waals surface area contributed by atoms with Crippen LogP contribution in [0.1, 0.15) is 4.88 Å². The number of halogens is 6. The molecule has 0 spiro atoms. The predicted molar refractivity (Wildman–Crippen MR) is 54.9 cm³/mol. The third-order valence-corrected chi connectivity index (χ3v) is 3.38. The van der Waals surface area contributed by atoms with Crippen molar-refractivity contribution in [1.29, 1.82) is 0 Å². The fraction of sp³-hybridized carbons (Fsp3) is 0.375. The van der Waals surface area contributed by atoms with Gasteiger partial charge >= 0.3 is 18.0 Å². The summed E-state index contributed by atoms with van der Waals surface area (Å²) in [6.45, 7) is -0.374. The van der Waals surface area contributed by atoms with E-state index < -0.39 is 18.0 Å². The number of hydrogen-bond acceptors (Lipinski definition) is 2. The highest BCUT2D eigenvalue weighted by atomic mass is 79.9. The first-order valence-electron chi connectivity index (χ1n) is 4.10. The normalized spacial score (nSPS) is 12.6. The summed E-state index contributed by atoms with van der Waals surface area (Å²) in [6, 6.07) is 1.51. The lowest BCUT2D eigenvalue weighted by Gasteiger charge is -2.18. The van der Waals surface area contributed by atoms with Crippen LogP contribution in [-0.4, -0.2) is 18.0 Å². The zero-order chi connectivity index (χ0) is 13.3. The predicted octanol–water partition coefficient (Wildman–Crippen LogP) is 3.32. The average molecular weight is 338 g/mol. The number of carbonyl (C=O) groups excluding carboxylic acids is 1. The Morgan fingerprint density at radius 2 is 1.94 bits per heavy atom. The van der Waals surface area contributed by atoms with E-state index in [1.54, 1.807) is 5.38 Å². The lowest BCUT2D eigenvalue weighted by Crippen LogP contribution is -2.50. The van der Waals surface area contributed by atoms with Gasteiger partial charge in [-0.3, -0.25) is 4.79 Å². The van der Waals surface area contributed by atoms with E-state index in [9.17, 15) is 26.7 Å². The molecule has 17 heavy (non-hydrogen) atoms. The number of amides is 1. The van der Waals surface area contributed by atoms with Crippen LogP contribution in [0.2, 0.25) is 0 Å². The summed E-state index contributed by atoms with van der Waals surface area (Å²) in [7, 11) is 0. The quantitative estimate of drug-likeness (QED) is 0.842. The summed E-state index contributed by atoms with van der Waals surface area (Å²) >= 11 is 4.20. The number of thiophene rings is 1. The van der Waals surface area contributed by atoms with E-state index in [0.29, 0.717) is 9.35 Å². The maximum absolute atomic E-state index is 12.5. The summed E-state index contributed by atoms with van der Waals surface area (Å²) in [5.41, 5.74) is 0. The van der Waals surface area contributed by atoms with E-state index in [1.807, 2.05) is 0 Å². The van der Waals surface area contributed by atoms with Crippen molar-refractivity contribution in [2.45, 2.75) is 18.6 Å². The lowest BCUT2D eigenvalue weighted by molar-refractivity contribution is -0.269. The van der Waals surface area contributed by atoms with Crippen LogP contribution in [0.3, 0.4) is 0 Å². The molecule has 2 nitrogen and oxygen atoms in total. The Hall–Kier alpha value is -0.700. The first-order chi connectivity index (χ1) is 7.64. The Bertz CT molecular complexity index is 416. The van der Waals surface area contributed by atoms with Gasteiger partial charge in [-0.15, -0.1) is 11.3 Å². The molecule has 96 valence electrons. The molecular formula is C8H5BrF5NOS. The Morgan fingerprint density at radius 1 is 1.35 bits per heavy atom. The molecule has 9 heteroatoms. The molecule has 1 aromatic rings. The molecule has 0 aliphatic rings. The molecule has 0 aliphatic heterocycles. The second-order valence-electron chi connectivity index (χ2n) is 2.99. The van der Waals surface area contributed by atoms with Gasteiger partial charge < -0.3 is 5.32 Å². The SMILES string of the molecule is O=C(NCc1cc(Br)cs1)C(F)(F)C(F)(F)F. The molecule has 0 fully saturated rings. The highest BCUT2D eigenvalue weighted by Gasteiger charge is 2.63. The van der Waals surface area contributed by atoms with Gasteiger partial charge in [0.15, 0.2) is 0 Å². The standard InChI is InChI=1S/C8H5BrF5NOS/c9-4-1-5(17-3-4)2-15-6(16)7(10,11)8(12,13)14/h1,3H,2H2,(H,15,16). The molecule has 1 amide bonds. The summed E-state index contributed by atoms with van der Waals surface area (Å²) in [5.74, 6) is -7.73. The van der Waals surface area contributed by atoms with Crippen molar-refractivity contribution in [3.8, 4) is 0 Å². The minimum absolute atomic E-state index is 0.374. The van der Waals surface area contributed by atoms with E-state index in [2.05, 4.69) is 15.9 Å². The van der Waals surface area contributed by atoms with Gasteiger partial charge in [0, 0.05) is 14.7 Å². The number of nitrogens with one attached hydrogen (secondary N) is 1. The lowest BCUT2D eigenvalue weighted by atomic mass is 10.3. The minimum atomic E-state index is -5.88. The number of rotatable bonds is 3. The van der Waals surface area contributed by atoms with Crippen LogP contribution in [0.15, 0.2) is 15.9 Å². The third kappa shape index (κ3) is 3.38. The molecule has 1 N–H and O–H groups in total. The average Bonchev–Trinajstić information content (AvgIpc) is 2.58. The first kappa shape index (κ1) is 14.4. The van der Waals surface area contributed by atoms with Crippen LogP contribution < -0.4 is 5.32 Å². The van der Waals surface area contributed by atoms with Gasteiger partial charge in [0.25, 0.3) is 0 Å². The van der Waals surface area contributed by atoms with E-state index in [0.717, 1.165) is 11.3 Å². The number of hydrogen-bond donors (Lipinski definition) is 1. The van der Waals surface area contributed by atoms with Gasteiger partial charge in [-0.25, -0.2) is 0 Å². The smallest absolute Gasteiger partial charge is 0.346 e. The Morgan fingerprint density at radius 3 is 2.35 bits per heavy atom. The van der Waals surface area contributed by atoms with Crippen molar-refractivity contribution < 1.29 is 26.7 Å². The van der Waals surface area contributed by atoms with Crippen LogP contribution in [0.4, 0.5) is 22.0 Å². The molecule has 1 heterocycles. The topological polar surface area (TPSA) is 29.1 Å². The van der Waals surface area contributed by atoms with Crippen molar-refractivity contribution >= 4 is 33.2 Å². The van der Waals surface area contributed by atoms with Crippen LogP contribution in [0.5, 0.6) is 0 Å². The Labute approximate surface area is 105 Å². The molecule has 0 bridgehead atoms. The van der Waals surface area contributed by atoms with Crippen LogP contribution in [0, 0.1) is 0 Å². The molecule has 0 atom stereocenters. The molecule has 0 aliphatic carbocycles. The Kier molecular flexibility index (Phi) is 4.13. The minimum Gasteiger partial charge on any atom is -0.346 e. The summed E-state index contributed by atoms with van der Waals surface area (Å²) in [4.78, 5) is 11.2. The molecule has 1 aromatic heterocycles. The van der Waals surface area contributed by atoms with Gasteiger partial charge in [0.1, 0.15) is 0 Å². The van der Waals surface area contributed by atoms with Crippen molar-refractivity contribution in [2.24, 2.45) is 0 Å². The van der Waals surface area contributed by atoms with Crippen LogP contribution in [-0.2, 0) is 11.3 Å². The van der Waals surface area contributed by atoms with E-state index in [-0.39, 0.29) is 6.54 Å². The van der Waals surface area contributed by atoms with E-state index in [1.165, 1.54) is 11.4 Å². The highest BCUT2D eigenvalue weighted by molar-refractivity contribution is 9.10. The van der Waals surface area contributed by atoms with Gasteiger partial charge in [0.2, 0.25) is 0 Å². The maximum atomic E-state index is 12.5. The second kappa shape index (κ2) is 4.89. The van der Waals surface area contributed by atoms with Gasteiger partial charge in [-0.05, 0) is 22.0 Å². The number of alkyl halides is 5. The molecular weight excluding hydrogens is 333 g/mol. The maximum Gasteiger partial charge on any atom is 0.463 e. The zero-order valence-electron chi connectivity index (χ0n) is 7.95. The first-order valence-corrected chi connectivity index (χ1v) is 5.77. The molecule has 0 saturated heterocycles. The summed E-state index contributed by atoms with van der Waals surface area (Å²) in [5, 5.41) is 3.15. The molecule has 0 radical (unpaired) electrons. The fourth-order valence-corrected chi connectivity index (χ4v) is 2.24. The monoisotopic (exact) mass is 337 g/mol. The zero-order valence-corrected chi connectivity index (χ0v) is 10.3. The van der Waals surface area contributed by atoms with Gasteiger partial charge in [0.05, 0.1) is 6.54 Å². The van der Waals surface area contributed by atoms with Crippen LogP contribution in [0.25, 0.3) is 0 Å². The molecule has 1 rings (SSSR count). The van der Waals surface area contributed by atoms with Crippen molar-refractivity contribution in [1.82, 2.24) is 5.32 Å². The van der Waals surface area contributed by atoms with E-state index in [4.69, 9.17) is 0 Å². The molecule has 0 saturated carbocycles. The highest BCUT2D eigenvalue weighted by Crippen LogP contribution is 2.35. The molecule has 0 unspecified atom stereocenters. The van der Waals surface area contributed by atoms with Crippen LogP contribution >= 0.6 is 27.3 Å². The van der Waals surface area contributed by atoms with E-state index >= 15 is 0 Å². The third-order valence-electron chi connectivity index (χ3n) is 1.69. The number of carbonyl (C=O) groups is 1. The van der Waals surface area contributed by atoms with Gasteiger partial charge in [-0.1, -0.05) is 0 Å². The largest absolute Gasteiger partial charge is 0.463 e. The van der Waals surface area contributed by atoms with Crippen molar-refractivity contribution in [3.05, 3.63) is 20.8 Å². The van der Waals surface area contributed by atoms with Crippen molar-refractivity contribution in [2.75, 3.05) is 0 Å². The Balaban J connectivity index is 2.61. The molecule has 0 aromatic carbocycles. The fourth-order valence-electron chi connectivity index (χ4n) is 0.854. The van der Waals surface area contributed by atoms with Gasteiger partial charge in [-0.2, -0.15) is 22.0 Å². The van der Waals surface area contributed by atoms with Crippen molar-refractivity contribution in [3.63, 3.8) is 0 Å². The summed E-state index contributed by atoms with van der Waals surface area (Å²) in [6.07, 6.45) is -5.88.